The zero-order valence-electron chi connectivity index (χ0n) is 20.3. The quantitative estimate of drug-likeness (QED) is 0.358. The summed E-state index contributed by atoms with van der Waals surface area (Å²) in [5.41, 5.74) is 2.81. The lowest BCUT2D eigenvalue weighted by molar-refractivity contribution is -0.117. The summed E-state index contributed by atoms with van der Waals surface area (Å²) in [4.78, 5) is 19.0. The molecule has 0 spiro atoms. The molecule has 1 amide bonds. The van der Waals surface area contributed by atoms with Crippen LogP contribution < -0.4 is 10.2 Å². The number of hydrogen-bond acceptors (Lipinski definition) is 4. The molecular weight excluding hydrogens is 503 g/mol. The number of rotatable bonds is 10. The Morgan fingerprint density at radius 1 is 1.14 bits per heavy atom. The molecule has 0 aromatic heterocycles. The van der Waals surface area contributed by atoms with Crippen molar-refractivity contribution in [2.75, 3.05) is 44.2 Å². The van der Waals surface area contributed by atoms with Crippen molar-refractivity contribution in [2.45, 2.75) is 26.3 Å². The van der Waals surface area contributed by atoms with Crippen LogP contribution in [0.15, 0.2) is 67.0 Å². The van der Waals surface area contributed by atoms with Crippen LogP contribution in [-0.4, -0.2) is 55.0 Å². The third kappa shape index (κ3) is 7.65. The molecule has 1 atom stereocenters. The van der Waals surface area contributed by atoms with Gasteiger partial charge in [0.15, 0.2) is 0 Å². The van der Waals surface area contributed by atoms with Crippen molar-refractivity contribution in [3.8, 4) is 0 Å². The average Bonchev–Trinajstić information content (AvgIpc) is 2.85. The number of hydrogen-bond donors (Lipinski definition) is 1. The van der Waals surface area contributed by atoms with Gasteiger partial charge in [-0.15, -0.1) is 0 Å². The van der Waals surface area contributed by atoms with Gasteiger partial charge in [-0.1, -0.05) is 60.4 Å². The van der Waals surface area contributed by atoms with Gasteiger partial charge in [0, 0.05) is 61.1 Å². The molecule has 1 fully saturated rings. The highest BCUT2D eigenvalue weighted by Gasteiger charge is 2.29. The Bertz CT molecular complexity index is 1040. The van der Waals surface area contributed by atoms with Crippen LogP contribution in [0.5, 0.6) is 0 Å². The summed E-state index contributed by atoms with van der Waals surface area (Å²) >= 11 is 18.9. The van der Waals surface area contributed by atoms with Gasteiger partial charge in [-0.05, 0) is 55.4 Å². The Balaban J connectivity index is 1.73. The number of carbonyl (C=O) groups is 1. The number of nitrogens with one attached hydrogen (secondary N) is 1. The maximum Gasteiger partial charge on any atom is 0.248 e. The maximum atomic E-state index is 12.2. The normalized spacial score (nSPS) is 16.8. The molecule has 1 heterocycles. The first-order valence-corrected chi connectivity index (χ1v) is 13.0. The number of nitrogens with zero attached hydrogens (tertiary/aromatic N) is 3. The van der Waals surface area contributed by atoms with E-state index < -0.39 is 0 Å². The fourth-order valence-electron chi connectivity index (χ4n) is 4.17. The minimum Gasteiger partial charge on any atom is -0.361 e. The van der Waals surface area contributed by atoms with Gasteiger partial charge >= 0.3 is 0 Å². The van der Waals surface area contributed by atoms with Crippen LogP contribution in [-0.2, 0) is 4.79 Å². The van der Waals surface area contributed by atoms with E-state index in [0.717, 1.165) is 44.8 Å². The second kappa shape index (κ2) is 13.2. The Kier molecular flexibility index (Phi) is 10.4. The molecule has 0 saturated carbocycles. The molecule has 0 radical (unpaired) electrons. The molecule has 2 aromatic carbocycles. The fraction of sp³-hybridized carbons (Fsp3) is 0.370. The molecule has 5 nitrogen and oxygen atoms in total. The number of halogens is 3. The minimum atomic E-state index is -0.0463. The summed E-state index contributed by atoms with van der Waals surface area (Å²) < 4.78 is 0. The molecule has 35 heavy (non-hydrogen) atoms. The number of benzene rings is 2. The predicted octanol–water partition coefficient (Wildman–Crippen LogP) is 6.39. The maximum absolute atomic E-state index is 12.2. The minimum absolute atomic E-state index is 0.0463. The van der Waals surface area contributed by atoms with E-state index >= 15 is 0 Å². The Labute approximate surface area is 223 Å². The fourth-order valence-corrected chi connectivity index (χ4v) is 4.81. The van der Waals surface area contributed by atoms with Crippen molar-refractivity contribution in [1.82, 2.24) is 15.1 Å². The number of anilines is 1. The molecule has 2 aromatic rings. The van der Waals surface area contributed by atoms with E-state index in [0.29, 0.717) is 27.2 Å². The van der Waals surface area contributed by atoms with Gasteiger partial charge in [0.05, 0.1) is 16.8 Å². The second-order valence-corrected chi connectivity index (χ2v) is 9.93. The van der Waals surface area contributed by atoms with Gasteiger partial charge in [-0.3, -0.25) is 9.69 Å². The van der Waals surface area contributed by atoms with Crippen LogP contribution in [0.3, 0.4) is 0 Å². The molecule has 1 N–H and O–H groups in total. The van der Waals surface area contributed by atoms with E-state index in [1.807, 2.05) is 49.2 Å². The highest BCUT2D eigenvalue weighted by molar-refractivity contribution is 6.36. The molecule has 0 aliphatic carbocycles. The molecule has 1 saturated heterocycles. The highest BCUT2D eigenvalue weighted by atomic mass is 35.5. The van der Waals surface area contributed by atoms with E-state index in [1.54, 1.807) is 12.3 Å². The lowest BCUT2D eigenvalue weighted by Gasteiger charge is -2.43. The Hall–Kier alpha value is -2.18. The van der Waals surface area contributed by atoms with E-state index in [-0.39, 0.29) is 11.9 Å². The largest absolute Gasteiger partial charge is 0.361 e. The first kappa shape index (κ1) is 27.4. The molecule has 0 unspecified atom stereocenters. The van der Waals surface area contributed by atoms with Gasteiger partial charge in [0.1, 0.15) is 0 Å². The van der Waals surface area contributed by atoms with Crippen molar-refractivity contribution in [1.29, 1.82) is 0 Å². The Morgan fingerprint density at radius 3 is 2.51 bits per heavy atom. The zero-order chi connectivity index (χ0) is 25.4. The predicted molar refractivity (Wildman–Crippen MR) is 148 cm³/mol. The van der Waals surface area contributed by atoms with E-state index in [4.69, 9.17) is 34.8 Å². The molecule has 3 rings (SSSR count). The van der Waals surface area contributed by atoms with Gasteiger partial charge in [-0.25, -0.2) is 0 Å². The summed E-state index contributed by atoms with van der Waals surface area (Å²) in [5, 5.41) is 4.89. The second-order valence-electron chi connectivity index (χ2n) is 8.65. The summed E-state index contributed by atoms with van der Waals surface area (Å²) in [6.45, 7) is 12.5. The number of piperazine rings is 1. The molecule has 188 valence electrons. The number of amides is 1. The first-order valence-electron chi connectivity index (χ1n) is 11.9. The Morgan fingerprint density at radius 2 is 1.86 bits per heavy atom. The standard InChI is InChI=1S/C27H33Cl3N4O/c1-4-12-31-27(35)20(3)18-32(5-2)13-14-33-15-16-34(25-11-10-23(29)17-24(25)30)26(19-33)21-6-8-22(28)9-7-21/h5-11,17-18,26H,2,4,12-16,19H2,1,3H3,(H,31,35)/b20-18+/t26-/m0/s1. The molecule has 1 aliphatic heterocycles. The van der Waals surface area contributed by atoms with Crippen LogP contribution >= 0.6 is 34.8 Å². The topological polar surface area (TPSA) is 38.8 Å². The van der Waals surface area contributed by atoms with Crippen molar-refractivity contribution in [2.24, 2.45) is 0 Å². The van der Waals surface area contributed by atoms with Crippen molar-refractivity contribution in [3.63, 3.8) is 0 Å². The van der Waals surface area contributed by atoms with Crippen molar-refractivity contribution in [3.05, 3.63) is 87.6 Å². The van der Waals surface area contributed by atoms with Crippen LogP contribution in [0.1, 0.15) is 31.9 Å². The molecular formula is C27H33Cl3N4O. The van der Waals surface area contributed by atoms with Crippen LogP contribution in [0.2, 0.25) is 15.1 Å². The summed E-state index contributed by atoms with van der Waals surface area (Å²) in [6.07, 6.45) is 4.53. The van der Waals surface area contributed by atoms with Crippen molar-refractivity contribution < 1.29 is 4.79 Å². The van der Waals surface area contributed by atoms with E-state index in [1.165, 1.54) is 5.56 Å². The molecule has 0 bridgehead atoms. The number of carbonyl (C=O) groups excluding carboxylic acids is 1. The lowest BCUT2D eigenvalue weighted by atomic mass is 10.0. The van der Waals surface area contributed by atoms with Gasteiger partial charge in [-0.2, -0.15) is 0 Å². The van der Waals surface area contributed by atoms with Gasteiger partial charge in [0.2, 0.25) is 5.91 Å². The van der Waals surface area contributed by atoms with Crippen LogP contribution in [0.25, 0.3) is 0 Å². The summed E-state index contributed by atoms with van der Waals surface area (Å²) in [6, 6.07) is 13.8. The monoisotopic (exact) mass is 534 g/mol. The third-order valence-corrected chi connectivity index (χ3v) is 6.89. The molecule has 8 heteroatoms. The highest BCUT2D eigenvalue weighted by Crippen LogP contribution is 2.36. The van der Waals surface area contributed by atoms with Crippen molar-refractivity contribution >= 4 is 46.4 Å². The summed E-state index contributed by atoms with van der Waals surface area (Å²) in [5.74, 6) is -0.0463. The average molecular weight is 536 g/mol. The van der Waals surface area contributed by atoms with Crippen LogP contribution in [0, 0.1) is 0 Å². The van der Waals surface area contributed by atoms with E-state index in [2.05, 4.69) is 33.8 Å². The smallest absolute Gasteiger partial charge is 0.248 e. The SMILES string of the molecule is C=CN(/C=C(\C)C(=O)NCCC)CCN1CCN(c2ccc(Cl)cc2Cl)[C@H](c2ccc(Cl)cc2)C1. The van der Waals surface area contributed by atoms with Crippen LogP contribution in [0.4, 0.5) is 5.69 Å². The molecule has 1 aliphatic rings. The third-order valence-electron chi connectivity index (χ3n) is 6.10. The first-order chi connectivity index (χ1) is 16.8. The summed E-state index contributed by atoms with van der Waals surface area (Å²) in [7, 11) is 0. The van der Waals surface area contributed by atoms with Gasteiger partial charge in [0.25, 0.3) is 0 Å². The van der Waals surface area contributed by atoms with E-state index in [9.17, 15) is 4.79 Å². The van der Waals surface area contributed by atoms with Gasteiger partial charge < -0.3 is 15.1 Å². The lowest BCUT2D eigenvalue weighted by Crippen LogP contribution is -2.50. The zero-order valence-corrected chi connectivity index (χ0v) is 22.6.